The van der Waals surface area contributed by atoms with Crippen molar-refractivity contribution in [2.75, 3.05) is 20.3 Å². The predicted molar refractivity (Wildman–Crippen MR) is 115 cm³/mol. The molecule has 0 N–H and O–H groups in total. The molecule has 0 aliphatic carbocycles. The second-order valence-corrected chi connectivity index (χ2v) is 7.21. The van der Waals surface area contributed by atoms with Crippen LogP contribution >= 0.6 is 27.5 Å². The standard InChI is InChI=1S/C21H17BrClNO6/c1-3-28-17-10-12(8-15(23)19(17)29-11-18(25)27-2)9-16-21(26)30-20(24-16)13-6-4-5-7-14(13)22/h4-10H,3,11H2,1-2H3/b16-9-. The molecule has 0 amide bonds. The van der Waals surface area contributed by atoms with Crippen molar-refractivity contribution in [3.05, 3.63) is 62.7 Å². The Morgan fingerprint density at radius 1 is 1.27 bits per heavy atom. The molecule has 0 atom stereocenters. The summed E-state index contributed by atoms with van der Waals surface area (Å²) in [6.45, 7) is 1.83. The molecular weight excluding hydrogens is 478 g/mol. The number of benzene rings is 2. The molecule has 2 aromatic carbocycles. The number of hydrogen-bond acceptors (Lipinski definition) is 7. The number of rotatable bonds is 7. The van der Waals surface area contributed by atoms with E-state index in [0.29, 0.717) is 23.5 Å². The van der Waals surface area contributed by atoms with E-state index in [1.807, 2.05) is 18.2 Å². The van der Waals surface area contributed by atoms with Crippen LogP contribution in [0.15, 0.2) is 51.6 Å². The van der Waals surface area contributed by atoms with E-state index in [4.69, 9.17) is 25.8 Å². The summed E-state index contributed by atoms with van der Waals surface area (Å²) in [6, 6.07) is 10.5. The van der Waals surface area contributed by atoms with Gasteiger partial charge in [-0.2, -0.15) is 0 Å². The monoisotopic (exact) mass is 493 g/mol. The predicted octanol–water partition coefficient (Wildman–Crippen LogP) is 4.40. The summed E-state index contributed by atoms with van der Waals surface area (Å²) in [5.74, 6) is -0.407. The Morgan fingerprint density at radius 3 is 2.73 bits per heavy atom. The van der Waals surface area contributed by atoms with Gasteiger partial charge in [-0.1, -0.05) is 23.7 Å². The molecule has 30 heavy (non-hydrogen) atoms. The largest absolute Gasteiger partial charge is 0.490 e. The summed E-state index contributed by atoms with van der Waals surface area (Å²) in [5, 5.41) is 0.207. The van der Waals surface area contributed by atoms with E-state index in [0.717, 1.165) is 4.47 Å². The Hall–Kier alpha value is -2.84. The number of hydrogen-bond donors (Lipinski definition) is 0. The van der Waals surface area contributed by atoms with Gasteiger partial charge in [0.2, 0.25) is 5.90 Å². The lowest BCUT2D eigenvalue weighted by atomic mass is 10.1. The Labute approximate surface area is 186 Å². The van der Waals surface area contributed by atoms with Gasteiger partial charge < -0.3 is 18.9 Å². The minimum Gasteiger partial charge on any atom is -0.490 e. The molecule has 0 spiro atoms. The van der Waals surface area contributed by atoms with E-state index in [-0.39, 0.29) is 29.0 Å². The van der Waals surface area contributed by atoms with Gasteiger partial charge in [0.05, 0.1) is 24.3 Å². The van der Waals surface area contributed by atoms with E-state index in [1.165, 1.54) is 13.2 Å². The molecule has 2 aromatic rings. The Kier molecular flexibility index (Phi) is 7.12. The van der Waals surface area contributed by atoms with Gasteiger partial charge in [-0.25, -0.2) is 14.6 Å². The minimum absolute atomic E-state index is 0.113. The van der Waals surface area contributed by atoms with Crippen LogP contribution in [0.1, 0.15) is 18.1 Å². The number of esters is 2. The zero-order chi connectivity index (χ0) is 21.7. The fraction of sp³-hybridized carbons (Fsp3) is 0.190. The molecule has 1 aliphatic rings. The molecule has 0 fully saturated rings. The lowest BCUT2D eigenvalue weighted by Crippen LogP contribution is -2.13. The zero-order valence-electron chi connectivity index (χ0n) is 16.1. The van der Waals surface area contributed by atoms with Gasteiger partial charge >= 0.3 is 11.9 Å². The number of ether oxygens (including phenoxy) is 4. The lowest BCUT2D eigenvalue weighted by Gasteiger charge is -2.13. The van der Waals surface area contributed by atoms with Crippen LogP contribution in [0.3, 0.4) is 0 Å². The first kappa shape index (κ1) is 21.9. The van der Waals surface area contributed by atoms with Crippen LogP contribution in [0.25, 0.3) is 6.08 Å². The maximum Gasteiger partial charge on any atom is 0.363 e. The van der Waals surface area contributed by atoms with E-state index in [1.54, 1.807) is 25.1 Å². The number of methoxy groups -OCH3 is 1. The summed E-state index contributed by atoms with van der Waals surface area (Å²) in [4.78, 5) is 27.9. The molecule has 156 valence electrons. The Morgan fingerprint density at radius 2 is 2.03 bits per heavy atom. The van der Waals surface area contributed by atoms with Crippen molar-refractivity contribution in [3.63, 3.8) is 0 Å². The minimum atomic E-state index is -0.583. The van der Waals surface area contributed by atoms with Crippen LogP contribution in [0.5, 0.6) is 11.5 Å². The molecule has 0 saturated carbocycles. The van der Waals surface area contributed by atoms with Crippen LogP contribution < -0.4 is 9.47 Å². The van der Waals surface area contributed by atoms with Crippen LogP contribution in [-0.4, -0.2) is 38.2 Å². The average molecular weight is 495 g/mol. The van der Waals surface area contributed by atoms with Crippen LogP contribution in [0.2, 0.25) is 5.02 Å². The highest BCUT2D eigenvalue weighted by molar-refractivity contribution is 9.10. The van der Waals surface area contributed by atoms with Crippen molar-refractivity contribution < 1.29 is 28.5 Å². The zero-order valence-corrected chi connectivity index (χ0v) is 18.5. The van der Waals surface area contributed by atoms with Gasteiger partial charge in [-0.05, 0) is 58.8 Å². The first-order valence-electron chi connectivity index (χ1n) is 8.86. The van der Waals surface area contributed by atoms with Gasteiger partial charge in [0, 0.05) is 4.47 Å². The highest BCUT2D eigenvalue weighted by Crippen LogP contribution is 2.37. The molecule has 0 aromatic heterocycles. The van der Waals surface area contributed by atoms with Gasteiger partial charge in [-0.3, -0.25) is 0 Å². The van der Waals surface area contributed by atoms with Crippen molar-refractivity contribution in [2.24, 2.45) is 4.99 Å². The number of nitrogens with zero attached hydrogens (tertiary/aromatic N) is 1. The SMILES string of the molecule is CCOc1cc(/C=C2\N=C(c3ccccc3Br)OC2=O)cc(Cl)c1OCC(=O)OC. The van der Waals surface area contributed by atoms with E-state index >= 15 is 0 Å². The number of aliphatic imine (C=N–C) groups is 1. The molecule has 1 aliphatic heterocycles. The lowest BCUT2D eigenvalue weighted by molar-refractivity contribution is -0.143. The van der Waals surface area contributed by atoms with Crippen molar-refractivity contribution in [3.8, 4) is 11.5 Å². The Balaban J connectivity index is 1.93. The van der Waals surface area contributed by atoms with Crippen LogP contribution in [0.4, 0.5) is 0 Å². The molecule has 3 rings (SSSR count). The number of cyclic esters (lactones) is 1. The molecule has 1 heterocycles. The quantitative estimate of drug-likeness (QED) is 0.419. The van der Waals surface area contributed by atoms with Crippen molar-refractivity contribution in [1.82, 2.24) is 0 Å². The molecule has 9 heteroatoms. The highest BCUT2D eigenvalue weighted by Gasteiger charge is 2.25. The maximum absolute atomic E-state index is 12.3. The third-order valence-corrected chi connectivity index (χ3v) is 4.89. The topological polar surface area (TPSA) is 83.4 Å². The second kappa shape index (κ2) is 9.77. The molecule has 0 saturated heterocycles. The summed E-state index contributed by atoms with van der Waals surface area (Å²) in [5.41, 5.74) is 1.33. The second-order valence-electron chi connectivity index (χ2n) is 5.94. The first-order valence-corrected chi connectivity index (χ1v) is 10.0. The fourth-order valence-electron chi connectivity index (χ4n) is 2.58. The van der Waals surface area contributed by atoms with Crippen LogP contribution in [-0.2, 0) is 19.1 Å². The molecule has 0 radical (unpaired) electrons. The maximum atomic E-state index is 12.3. The molecule has 7 nitrogen and oxygen atoms in total. The van der Waals surface area contributed by atoms with Gasteiger partial charge in [-0.15, -0.1) is 0 Å². The van der Waals surface area contributed by atoms with Crippen molar-refractivity contribution >= 4 is 51.4 Å². The summed E-state index contributed by atoms with van der Waals surface area (Å²) < 4.78 is 21.6. The smallest absolute Gasteiger partial charge is 0.363 e. The summed E-state index contributed by atoms with van der Waals surface area (Å²) in [6.07, 6.45) is 1.53. The van der Waals surface area contributed by atoms with E-state index in [9.17, 15) is 9.59 Å². The summed E-state index contributed by atoms with van der Waals surface area (Å²) >= 11 is 9.73. The normalized spacial score (nSPS) is 14.3. The van der Waals surface area contributed by atoms with Crippen molar-refractivity contribution in [2.45, 2.75) is 6.92 Å². The van der Waals surface area contributed by atoms with E-state index < -0.39 is 11.9 Å². The van der Waals surface area contributed by atoms with E-state index in [2.05, 4.69) is 25.7 Å². The van der Waals surface area contributed by atoms with Gasteiger partial charge in [0.25, 0.3) is 0 Å². The highest BCUT2D eigenvalue weighted by atomic mass is 79.9. The molecule has 0 bridgehead atoms. The Bertz CT molecular complexity index is 1050. The number of carbonyl (C=O) groups excluding carboxylic acids is 2. The van der Waals surface area contributed by atoms with Crippen LogP contribution in [0, 0.1) is 0 Å². The number of carbonyl (C=O) groups is 2. The summed E-state index contributed by atoms with van der Waals surface area (Å²) in [7, 11) is 1.26. The third kappa shape index (κ3) is 5.01. The molecule has 0 unspecified atom stereocenters. The molecular formula is C21H17BrClNO6. The third-order valence-electron chi connectivity index (χ3n) is 3.92. The van der Waals surface area contributed by atoms with Gasteiger partial charge in [0.1, 0.15) is 0 Å². The fourth-order valence-corrected chi connectivity index (χ4v) is 3.31. The van der Waals surface area contributed by atoms with Crippen molar-refractivity contribution in [1.29, 1.82) is 0 Å². The van der Waals surface area contributed by atoms with Gasteiger partial charge in [0.15, 0.2) is 23.8 Å². The number of halogens is 2. The average Bonchev–Trinajstić information content (AvgIpc) is 3.07. The first-order chi connectivity index (χ1) is 14.4.